The molecule has 2 aliphatic carbocycles. The lowest BCUT2D eigenvalue weighted by Crippen LogP contribution is -2.17. The minimum Gasteiger partial charge on any atom is -0.207 e. The van der Waals surface area contributed by atoms with Crippen LogP contribution in [0.25, 0.3) is 10.8 Å². The summed E-state index contributed by atoms with van der Waals surface area (Å²) >= 11 is 0. The highest BCUT2D eigenvalue weighted by molar-refractivity contribution is 5.83. The van der Waals surface area contributed by atoms with Crippen LogP contribution in [0.2, 0.25) is 0 Å². The van der Waals surface area contributed by atoms with Crippen LogP contribution in [-0.2, 0) is 0 Å². The Labute approximate surface area is 183 Å². The fraction of sp³-hybridized carbons (Fsp3) is 0.655. The molecule has 4 rings (SSSR count). The second-order valence-electron chi connectivity index (χ2n) is 10.4. The molecule has 0 aromatic heterocycles. The van der Waals surface area contributed by atoms with E-state index in [1.54, 1.807) is 12.1 Å². The van der Waals surface area contributed by atoms with E-state index >= 15 is 0 Å². The molecule has 2 aliphatic rings. The summed E-state index contributed by atoms with van der Waals surface area (Å²) in [5.74, 6) is 3.58. The standard InChI is InChI=1S/C29H41F/c1-2-3-4-5-22-6-8-23(9-7-22)10-11-24-12-14-25(15-13-24)26-16-17-28-21-29(30)19-18-27(28)20-26/h16-25H,2-15H2,1H3. The first-order valence-electron chi connectivity index (χ1n) is 12.9. The topological polar surface area (TPSA) is 0 Å². The van der Waals surface area contributed by atoms with Crippen LogP contribution in [0.3, 0.4) is 0 Å². The van der Waals surface area contributed by atoms with Crippen LogP contribution in [0.15, 0.2) is 36.4 Å². The predicted octanol–water partition coefficient (Wildman–Crippen LogP) is 9.42. The molecule has 30 heavy (non-hydrogen) atoms. The third-order valence-corrected chi connectivity index (χ3v) is 8.31. The Morgan fingerprint density at radius 2 is 1.23 bits per heavy atom. The Morgan fingerprint density at radius 3 is 1.90 bits per heavy atom. The van der Waals surface area contributed by atoms with E-state index in [9.17, 15) is 4.39 Å². The van der Waals surface area contributed by atoms with E-state index in [0.29, 0.717) is 5.92 Å². The van der Waals surface area contributed by atoms with Gasteiger partial charge in [-0.1, -0.05) is 95.4 Å². The largest absolute Gasteiger partial charge is 0.207 e. The second kappa shape index (κ2) is 10.8. The first-order chi connectivity index (χ1) is 14.7. The highest BCUT2D eigenvalue weighted by Crippen LogP contribution is 2.40. The minimum atomic E-state index is -0.138. The van der Waals surface area contributed by atoms with Gasteiger partial charge in [-0.15, -0.1) is 0 Å². The number of unbranched alkanes of at least 4 members (excludes halogenated alkanes) is 2. The Morgan fingerprint density at radius 1 is 0.667 bits per heavy atom. The van der Waals surface area contributed by atoms with Gasteiger partial charge in [0.15, 0.2) is 0 Å². The zero-order valence-corrected chi connectivity index (χ0v) is 19.1. The first-order valence-corrected chi connectivity index (χ1v) is 12.9. The molecule has 0 N–H and O–H groups in total. The van der Waals surface area contributed by atoms with Gasteiger partial charge in [0.1, 0.15) is 5.82 Å². The molecule has 0 heterocycles. The van der Waals surface area contributed by atoms with Crippen molar-refractivity contribution in [2.75, 3.05) is 0 Å². The van der Waals surface area contributed by atoms with Crippen LogP contribution >= 0.6 is 0 Å². The van der Waals surface area contributed by atoms with Gasteiger partial charge in [0, 0.05) is 0 Å². The summed E-state index contributed by atoms with van der Waals surface area (Å²) in [7, 11) is 0. The minimum absolute atomic E-state index is 0.138. The molecule has 2 fully saturated rings. The van der Waals surface area contributed by atoms with Crippen molar-refractivity contribution in [1.29, 1.82) is 0 Å². The molecule has 0 aliphatic heterocycles. The van der Waals surface area contributed by atoms with Crippen LogP contribution < -0.4 is 0 Å². The zero-order valence-electron chi connectivity index (χ0n) is 19.1. The van der Waals surface area contributed by atoms with Crippen molar-refractivity contribution >= 4 is 10.8 Å². The number of halogens is 1. The van der Waals surface area contributed by atoms with Crippen molar-refractivity contribution in [3.8, 4) is 0 Å². The number of hydrogen-bond donors (Lipinski definition) is 0. The fourth-order valence-corrected chi connectivity index (χ4v) is 6.24. The summed E-state index contributed by atoms with van der Waals surface area (Å²) in [6, 6.07) is 11.8. The normalized spacial score (nSPS) is 27.4. The van der Waals surface area contributed by atoms with Crippen molar-refractivity contribution in [3.05, 3.63) is 47.8 Å². The maximum atomic E-state index is 13.4. The molecule has 0 atom stereocenters. The lowest BCUT2D eigenvalue weighted by molar-refractivity contribution is 0.222. The van der Waals surface area contributed by atoms with Gasteiger partial charge < -0.3 is 0 Å². The quantitative estimate of drug-likeness (QED) is 0.381. The Hall–Kier alpha value is -1.37. The van der Waals surface area contributed by atoms with Crippen LogP contribution in [0, 0.1) is 23.6 Å². The molecule has 0 nitrogen and oxygen atoms in total. The van der Waals surface area contributed by atoms with Gasteiger partial charge in [-0.3, -0.25) is 0 Å². The van der Waals surface area contributed by atoms with Crippen LogP contribution in [0.4, 0.5) is 4.39 Å². The Kier molecular flexibility index (Phi) is 7.85. The lowest BCUT2D eigenvalue weighted by Gasteiger charge is -2.32. The molecule has 0 saturated heterocycles. The molecule has 2 saturated carbocycles. The van der Waals surface area contributed by atoms with Gasteiger partial charge in [-0.25, -0.2) is 4.39 Å². The molecule has 0 bridgehead atoms. The van der Waals surface area contributed by atoms with E-state index < -0.39 is 0 Å². The average molecular weight is 409 g/mol. The monoisotopic (exact) mass is 408 g/mol. The van der Waals surface area contributed by atoms with Gasteiger partial charge in [0.2, 0.25) is 0 Å². The van der Waals surface area contributed by atoms with Crippen LogP contribution in [0.1, 0.15) is 108 Å². The molecular formula is C29H41F. The van der Waals surface area contributed by atoms with E-state index in [2.05, 4.69) is 25.1 Å². The maximum absolute atomic E-state index is 13.4. The van der Waals surface area contributed by atoms with Crippen LogP contribution in [-0.4, -0.2) is 0 Å². The van der Waals surface area contributed by atoms with Gasteiger partial charge in [0.05, 0.1) is 0 Å². The maximum Gasteiger partial charge on any atom is 0.123 e. The summed E-state index contributed by atoms with van der Waals surface area (Å²) in [5, 5.41) is 2.20. The molecule has 0 amide bonds. The molecule has 0 unspecified atom stereocenters. The third-order valence-electron chi connectivity index (χ3n) is 8.31. The molecule has 2 aromatic rings. The Balaban J connectivity index is 1.18. The Bertz CT molecular complexity index is 778. The van der Waals surface area contributed by atoms with Crippen molar-refractivity contribution < 1.29 is 4.39 Å². The fourth-order valence-electron chi connectivity index (χ4n) is 6.24. The predicted molar refractivity (Wildman–Crippen MR) is 127 cm³/mol. The SMILES string of the molecule is CCCCCC1CCC(CCC2CCC(c3ccc4cc(F)ccc4c3)CC2)CC1. The van der Waals surface area contributed by atoms with E-state index in [1.807, 2.05) is 6.07 Å². The lowest BCUT2D eigenvalue weighted by atomic mass is 9.74. The molecule has 2 aromatic carbocycles. The van der Waals surface area contributed by atoms with Crippen LogP contribution in [0.5, 0.6) is 0 Å². The van der Waals surface area contributed by atoms with Gasteiger partial charge in [-0.05, 0) is 77.8 Å². The van der Waals surface area contributed by atoms with E-state index in [0.717, 1.165) is 23.1 Å². The smallest absolute Gasteiger partial charge is 0.123 e. The molecule has 0 radical (unpaired) electrons. The van der Waals surface area contributed by atoms with E-state index in [1.165, 1.54) is 101 Å². The highest BCUT2D eigenvalue weighted by atomic mass is 19.1. The van der Waals surface area contributed by atoms with Gasteiger partial charge >= 0.3 is 0 Å². The highest BCUT2D eigenvalue weighted by Gasteiger charge is 2.25. The zero-order chi connectivity index (χ0) is 20.8. The van der Waals surface area contributed by atoms with E-state index in [4.69, 9.17) is 0 Å². The van der Waals surface area contributed by atoms with E-state index in [-0.39, 0.29) is 5.82 Å². The number of hydrogen-bond acceptors (Lipinski definition) is 0. The summed E-state index contributed by atoms with van der Waals surface area (Å²) in [6.45, 7) is 2.31. The second-order valence-corrected chi connectivity index (χ2v) is 10.4. The first kappa shape index (κ1) is 21.8. The van der Waals surface area contributed by atoms with Crippen molar-refractivity contribution in [2.24, 2.45) is 17.8 Å². The van der Waals surface area contributed by atoms with Gasteiger partial charge in [0.25, 0.3) is 0 Å². The molecule has 1 heteroatoms. The number of rotatable bonds is 8. The summed E-state index contributed by atoms with van der Waals surface area (Å²) in [5.41, 5.74) is 1.47. The van der Waals surface area contributed by atoms with Gasteiger partial charge in [-0.2, -0.15) is 0 Å². The number of fused-ring (bicyclic) bond motifs is 1. The summed E-state index contributed by atoms with van der Waals surface area (Å²) in [4.78, 5) is 0. The summed E-state index contributed by atoms with van der Waals surface area (Å²) in [6.07, 6.45) is 20.2. The van der Waals surface area contributed by atoms with Crippen molar-refractivity contribution in [2.45, 2.75) is 103 Å². The third kappa shape index (κ3) is 5.86. The van der Waals surface area contributed by atoms with Crippen molar-refractivity contribution in [1.82, 2.24) is 0 Å². The molecular weight excluding hydrogens is 367 g/mol. The number of benzene rings is 2. The van der Waals surface area contributed by atoms with Crippen molar-refractivity contribution in [3.63, 3.8) is 0 Å². The average Bonchev–Trinajstić information content (AvgIpc) is 2.79. The molecule has 0 spiro atoms. The molecule has 164 valence electrons. The summed E-state index contributed by atoms with van der Waals surface area (Å²) < 4.78 is 13.4.